The number of halogens is 2. The van der Waals surface area contributed by atoms with Crippen molar-refractivity contribution in [2.45, 2.75) is 25.9 Å². The summed E-state index contributed by atoms with van der Waals surface area (Å²) in [5, 5.41) is 3.41. The van der Waals surface area contributed by atoms with Crippen LogP contribution in [-0.4, -0.2) is 0 Å². The first-order chi connectivity index (χ1) is 8.56. The summed E-state index contributed by atoms with van der Waals surface area (Å²) in [4.78, 5) is 0. The van der Waals surface area contributed by atoms with Crippen LogP contribution in [0.15, 0.2) is 45.5 Å². The van der Waals surface area contributed by atoms with E-state index >= 15 is 0 Å². The van der Waals surface area contributed by atoms with Crippen molar-refractivity contribution in [2.75, 3.05) is 0 Å². The molecule has 0 spiro atoms. The van der Waals surface area contributed by atoms with Gasteiger partial charge < -0.3 is 9.73 Å². The summed E-state index contributed by atoms with van der Waals surface area (Å²) in [7, 11) is 0. The first kappa shape index (κ1) is 13.3. The minimum absolute atomic E-state index is 0.0938. The van der Waals surface area contributed by atoms with Crippen LogP contribution < -0.4 is 5.32 Å². The van der Waals surface area contributed by atoms with E-state index in [1.54, 1.807) is 12.1 Å². The number of rotatable bonds is 4. The van der Waals surface area contributed by atoms with E-state index in [2.05, 4.69) is 21.2 Å². The molecule has 4 heteroatoms. The van der Waals surface area contributed by atoms with Crippen molar-refractivity contribution in [1.29, 1.82) is 0 Å². The Bertz CT molecular complexity index is 509. The van der Waals surface area contributed by atoms with Crippen LogP contribution in [-0.2, 0) is 0 Å². The third-order valence-electron chi connectivity index (χ3n) is 2.89. The largest absolute Gasteiger partial charge is 0.453 e. The molecule has 0 fully saturated rings. The maximum Gasteiger partial charge on any atom is 0.169 e. The van der Waals surface area contributed by atoms with Gasteiger partial charge in [0.2, 0.25) is 0 Å². The van der Waals surface area contributed by atoms with Crippen molar-refractivity contribution < 1.29 is 8.81 Å². The van der Waals surface area contributed by atoms with Gasteiger partial charge in [0.15, 0.2) is 4.67 Å². The molecule has 0 radical (unpaired) electrons. The Hall–Kier alpha value is -1.13. The lowest BCUT2D eigenvalue weighted by Gasteiger charge is -2.18. The van der Waals surface area contributed by atoms with Gasteiger partial charge in [-0.3, -0.25) is 0 Å². The Kier molecular flexibility index (Phi) is 4.19. The fourth-order valence-electron chi connectivity index (χ4n) is 1.87. The Morgan fingerprint density at radius 3 is 2.28 bits per heavy atom. The highest BCUT2D eigenvalue weighted by atomic mass is 79.9. The fraction of sp³-hybridized carbons (Fsp3) is 0.286. The van der Waals surface area contributed by atoms with E-state index < -0.39 is 0 Å². The van der Waals surface area contributed by atoms with E-state index in [1.165, 1.54) is 12.1 Å². The van der Waals surface area contributed by atoms with E-state index in [0.29, 0.717) is 0 Å². The van der Waals surface area contributed by atoms with Crippen LogP contribution >= 0.6 is 15.9 Å². The number of hydrogen-bond donors (Lipinski definition) is 1. The highest BCUT2D eigenvalue weighted by Gasteiger charge is 2.13. The van der Waals surface area contributed by atoms with Crippen molar-refractivity contribution in [3.63, 3.8) is 0 Å². The van der Waals surface area contributed by atoms with Gasteiger partial charge in [0, 0.05) is 6.04 Å². The second-order valence-electron chi connectivity index (χ2n) is 4.30. The SMILES string of the molecule is CC(NC(C)c1ccc(Br)o1)c1ccc(F)cc1. The zero-order valence-corrected chi connectivity index (χ0v) is 11.9. The average Bonchev–Trinajstić information content (AvgIpc) is 2.76. The van der Waals surface area contributed by atoms with Gasteiger partial charge in [0.05, 0.1) is 6.04 Å². The molecule has 96 valence electrons. The summed E-state index contributed by atoms with van der Waals surface area (Å²) in [6, 6.07) is 10.6. The maximum atomic E-state index is 12.8. The molecular formula is C14H15BrFNO. The Morgan fingerprint density at radius 1 is 1.06 bits per heavy atom. The highest BCUT2D eigenvalue weighted by molar-refractivity contribution is 9.10. The van der Waals surface area contributed by atoms with Crippen LogP contribution in [0.2, 0.25) is 0 Å². The molecule has 1 aromatic heterocycles. The van der Waals surface area contributed by atoms with E-state index in [4.69, 9.17) is 4.42 Å². The Morgan fingerprint density at radius 2 is 1.72 bits per heavy atom. The summed E-state index contributed by atoms with van der Waals surface area (Å²) in [6.07, 6.45) is 0. The fourth-order valence-corrected chi connectivity index (χ4v) is 2.18. The molecule has 18 heavy (non-hydrogen) atoms. The zero-order valence-electron chi connectivity index (χ0n) is 10.3. The number of furan rings is 1. The summed E-state index contributed by atoms with van der Waals surface area (Å²) >= 11 is 3.28. The van der Waals surface area contributed by atoms with Crippen LogP contribution in [0, 0.1) is 5.82 Å². The van der Waals surface area contributed by atoms with E-state index in [-0.39, 0.29) is 17.9 Å². The smallest absolute Gasteiger partial charge is 0.169 e. The monoisotopic (exact) mass is 311 g/mol. The summed E-state index contributed by atoms with van der Waals surface area (Å²) in [5.74, 6) is 0.657. The normalized spacial score (nSPS) is 14.4. The summed E-state index contributed by atoms with van der Waals surface area (Å²) < 4.78 is 19.1. The van der Waals surface area contributed by atoms with Gasteiger partial charge in [0.25, 0.3) is 0 Å². The van der Waals surface area contributed by atoms with Gasteiger partial charge in [0.1, 0.15) is 11.6 Å². The van der Waals surface area contributed by atoms with Crippen molar-refractivity contribution in [3.8, 4) is 0 Å². The van der Waals surface area contributed by atoms with Crippen LogP contribution in [0.3, 0.4) is 0 Å². The molecular weight excluding hydrogens is 297 g/mol. The first-order valence-electron chi connectivity index (χ1n) is 5.83. The molecule has 2 unspecified atom stereocenters. The minimum atomic E-state index is -0.214. The lowest BCUT2D eigenvalue weighted by molar-refractivity contribution is 0.393. The van der Waals surface area contributed by atoms with Crippen LogP contribution in [0.5, 0.6) is 0 Å². The molecule has 0 saturated carbocycles. The van der Waals surface area contributed by atoms with Gasteiger partial charge in [-0.25, -0.2) is 4.39 Å². The quantitative estimate of drug-likeness (QED) is 0.893. The second kappa shape index (κ2) is 5.67. The second-order valence-corrected chi connectivity index (χ2v) is 5.09. The molecule has 2 rings (SSSR count). The van der Waals surface area contributed by atoms with Gasteiger partial charge in [-0.2, -0.15) is 0 Å². The van der Waals surface area contributed by atoms with Gasteiger partial charge in [-0.15, -0.1) is 0 Å². The molecule has 0 bridgehead atoms. The van der Waals surface area contributed by atoms with Crippen LogP contribution in [0.1, 0.15) is 37.3 Å². The van der Waals surface area contributed by atoms with E-state index in [0.717, 1.165) is 16.0 Å². The predicted molar refractivity (Wildman–Crippen MR) is 72.8 cm³/mol. The third-order valence-corrected chi connectivity index (χ3v) is 3.32. The molecule has 2 nitrogen and oxygen atoms in total. The molecule has 2 atom stereocenters. The molecule has 1 aromatic carbocycles. The van der Waals surface area contributed by atoms with Crippen molar-refractivity contribution >= 4 is 15.9 Å². The van der Waals surface area contributed by atoms with E-state index in [9.17, 15) is 4.39 Å². The maximum absolute atomic E-state index is 12.8. The first-order valence-corrected chi connectivity index (χ1v) is 6.62. The molecule has 2 aromatic rings. The standard InChI is InChI=1S/C14H15BrFNO/c1-9(11-3-5-12(16)6-4-11)17-10(2)13-7-8-14(15)18-13/h3-10,17H,1-2H3. The zero-order chi connectivity index (χ0) is 13.1. The Labute approximate surface area is 114 Å². The lowest BCUT2D eigenvalue weighted by atomic mass is 10.1. The summed E-state index contributed by atoms with van der Waals surface area (Å²) in [6.45, 7) is 4.08. The molecule has 0 aliphatic heterocycles. The van der Waals surface area contributed by atoms with Crippen LogP contribution in [0.25, 0.3) is 0 Å². The lowest BCUT2D eigenvalue weighted by Crippen LogP contribution is -2.22. The molecule has 0 saturated heterocycles. The Balaban J connectivity index is 2.02. The summed E-state index contributed by atoms with van der Waals surface area (Å²) in [5.41, 5.74) is 1.05. The third kappa shape index (κ3) is 3.21. The van der Waals surface area contributed by atoms with Gasteiger partial charge >= 0.3 is 0 Å². The van der Waals surface area contributed by atoms with Crippen molar-refractivity contribution in [3.05, 3.63) is 58.2 Å². The van der Waals surface area contributed by atoms with Crippen LogP contribution in [0.4, 0.5) is 4.39 Å². The molecule has 1 N–H and O–H groups in total. The predicted octanol–water partition coefficient (Wildman–Crippen LogP) is 4.59. The van der Waals surface area contributed by atoms with Gasteiger partial charge in [-0.05, 0) is 59.6 Å². The highest BCUT2D eigenvalue weighted by Crippen LogP contribution is 2.23. The van der Waals surface area contributed by atoms with E-state index in [1.807, 2.05) is 26.0 Å². The molecule has 0 amide bonds. The number of hydrogen-bond acceptors (Lipinski definition) is 2. The number of benzene rings is 1. The average molecular weight is 312 g/mol. The molecule has 0 aliphatic carbocycles. The van der Waals surface area contributed by atoms with Crippen molar-refractivity contribution in [2.24, 2.45) is 0 Å². The van der Waals surface area contributed by atoms with Gasteiger partial charge in [-0.1, -0.05) is 12.1 Å². The molecule has 0 aliphatic rings. The minimum Gasteiger partial charge on any atom is -0.453 e. The van der Waals surface area contributed by atoms with Crippen molar-refractivity contribution in [1.82, 2.24) is 5.32 Å². The number of nitrogens with one attached hydrogen (secondary N) is 1. The topological polar surface area (TPSA) is 25.2 Å². The molecule has 1 heterocycles.